The third kappa shape index (κ3) is 9.29. The molecule has 0 radical (unpaired) electrons. The number of ketones is 1. The molecule has 1 aromatic heterocycles. The highest BCUT2D eigenvalue weighted by Gasteiger charge is 2.62. The van der Waals surface area contributed by atoms with Gasteiger partial charge in [-0.2, -0.15) is 13.2 Å². The number of methoxy groups -OCH3 is 2. The zero-order valence-corrected chi connectivity index (χ0v) is 34.2. The number of amides is 2. The number of alkyl halides is 3. The molecule has 7 atom stereocenters. The molecule has 1 N–H and O–H groups in total. The van der Waals surface area contributed by atoms with Gasteiger partial charge in [-0.3, -0.25) is 23.9 Å². The molecule has 0 unspecified atom stereocenters. The molecule has 17 heteroatoms. The summed E-state index contributed by atoms with van der Waals surface area (Å²) < 4.78 is 92.0. The number of carbonyl (C=O) groups is 4. The van der Waals surface area contributed by atoms with Crippen LogP contribution in [-0.4, -0.2) is 98.4 Å². The van der Waals surface area contributed by atoms with E-state index in [4.69, 9.17) is 18.9 Å². The fourth-order valence-corrected chi connectivity index (χ4v) is 9.69. The monoisotopic (exact) mass is 835 g/mol. The summed E-state index contributed by atoms with van der Waals surface area (Å²) in [5, 5.41) is 0.633. The molecular formula is C41H52F3N3O10S. The molecule has 2 amide bonds. The number of fused-ring (bicyclic) bond motifs is 3. The summed E-state index contributed by atoms with van der Waals surface area (Å²) in [7, 11) is -1.01. The standard InChI is InChI=1S/C41H52F3N3O10S/c1-24-10-6-7-11-26-19-40(26,38(51)46-58(52,53)28-14-15-28)20-33(48)32-17-27(56-36-30-13-9-8-12-29(30)34(55-5)21-45-36)22-47(32)37(50)31(25(16-24)23-54-4)18-35(49)57-39(2,3)41(42,43)44/h7-9,11-13,21,24-28,31-32H,6,10,14-20,22-23H2,1-5H3,(H,46,51)/b11-7-/t24-,25-,26+,27+,31-,32-,40+/m0/s1. The number of sulfonamides is 1. The van der Waals surface area contributed by atoms with Gasteiger partial charge in [0.2, 0.25) is 33.3 Å². The van der Waals surface area contributed by atoms with Gasteiger partial charge in [-0.05, 0) is 76.2 Å². The highest BCUT2D eigenvalue weighted by molar-refractivity contribution is 7.90. The summed E-state index contributed by atoms with van der Waals surface area (Å²) >= 11 is 0. The van der Waals surface area contributed by atoms with Crippen molar-refractivity contribution in [1.82, 2.24) is 14.6 Å². The maximum atomic E-state index is 15.0. The number of nitrogens with one attached hydrogen (secondary N) is 1. The SMILES string of the molecule is COC[C@@H]1C[C@@H](C)CC/C=C\[C@@H]2C[C@@]2(C(=O)NS(=O)(=O)C2CC2)CC(=O)[C@@H]2C[C@@H](Oc3ncc(OC)c4ccccc34)CN2C(=O)[C@H]1CC(=O)OC(C)(C)C(F)(F)F. The smallest absolute Gasteiger partial charge is 0.427 e. The van der Waals surface area contributed by atoms with Crippen molar-refractivity contribution in [2.75, 3.05) is 27.4 Å². The Bertz CT molecular complexity index is 2040. The van der Waals surface area contributed by atoms with E-state index < -0.39 is 92.4 Å². The van der Waals surface area contributed by atoms with E-state index in [-0.39, 0.29) is 44.2 Å². The van der Waals surface area contributed by atoms with Crippen LogP contribution in [0.1, 0.15) is 78.6 Å². The Morgan fingerprint density at radius 1 is 1.05 bits per heavy atom. The van der Waals surface area contributed by atoms with Crippen LogP contribution >= 0.6 is 0 Å². The minimum Gasteiger partial charge on any atom is -0.494 e. The number of benzene rings is 1. The molecular weight excluding hydrogens is 784 g/mol. The fraction of sp³-hybridized carbons (Fsp3) is 0.634. The lowest BCUT2D eigenvalue weighted by Crippen LogP contribution is -2.49. The fourth-order valence-electron chi connectivity index (χ4n) is 8.31. The van der Waals surface area contributed by atoms with E-state index in [9.17, 15) is 40.8 Å². The third-order valence-electron chi connectivity index (χ3n) is 12.0. The number of aromatic nitrogens is 1. The zero-order valence-electron chi connectivity index (χ0n) is 33.4. The Labute approximate surface area is 336 Å². The van der Waals surface area contributed by atoms with Crippen LogP contribution in [-0.2, 0) is 38.7 Å². The summed E-state index contributed by atoms with van der Waals surface area (Å²) in [6.07, 6.45) is 0.991. The Morgan fingerprint density at radius 3 is 2.41 bits per heavy atom. The van der Waals surface area contributed by atoms with Crippen LogP contribution in [0.4, 0.5) is 13.2 Å². The summed E-state index contributed by atoms with van der Waals surface area (Å²) in [4.78, 5) is 62.6. The van der Waals surface area contributed by atoms with E-state index in [0.717, 1.165) is 13.8 Å². The molecule has 3 fully saturated rings. The van der Waals surface area contributed by atoms with Gasteiger partial charge >= 0.3 is 12.1 Å². The van der Waals surface area contributed by atoms with Gasteiger partial charge in [0.05, 0.1) is 48.9 Å². The Kier molecular flexibility index (Phi) is 12.5. The van der Waals surface area contributed by atoms with Crippen LogP contribution in [0.15, 0.2) is 42.6 Å². The number of hydrogen-bond acceptors (Lipinski definition) is 11. The minimum atomic E-state index is -4.89. The third-order valence-corrected chi connectivity index (χ3v) is 13.8. The van der Waals surface area contributed by atoms with Gasteiger partial charge in [-0.25, -0.2) is 13.4 Å². The molecule has 3 heterocycles. The van der Waals surface area contributed by atoms with Crippen LogP contribution in [0.2, 0.25) is 0 Å². The van der Waals surface area contributed by atoms with Crippen LogP contribution in [0.25, 0.3) is 10.8 Å². The van der Waals surface area contributed by atoms with Crippen LogP contribution in [0.5, 0.6) is 11.6 Å². The highest BCUT2D eigenvalue weighted by Crippen LogP contribution is 2.57. The van der Waals surface area contributed by atoms with Gasteiger partial charge in [0.25, 0.3) is 0 Å². The number of esters is 1. The first-order chi connectivity index (χ1) is 27.3. The molecule has 2 aliphatic carbocycles. The Balaban J connectivity index is 1.38. The van der Waals surface area contributed by atoms with E-state index in [2.05, 4.69) is 9.71 Å². The van der Waals surface area contributed by atoms with Crippen LogP contribution in [0, 0.1) is 29.1 Å². The molecule has 0 bridgehead atoms. The summed E-state index contributed by atoms with van der Waals surface area (Å²) in [6, 6.07) is 6.01. The Morgan fingerprint density at radius 2 is 1.76 bits per heavy atom. The van der Waals surface area contributed by atoms with Crippen molar-refractivity contribution in [3.63, 3.8) is 0 Å². The number of Topliss-reactive ketones (excluding diaryl/α,β-unsaturated/α-hetero) is 1. The average Bonchev–Trinajstić information content (AvgIpc) is 4.08. The molecule has 2 aromatic rings. The van der Waals surface area contributed by atoms with E-state index in [1.165, 1.54) is 25.3 Å². The van der Waals surface area contributed by atoms with Crippen molar-refractivity contribution < 1.29 is 59.7 Å². The molecule has 6 rings (SSSR count). The van der Waals surface area contributed by atoms with Gasteiger partial charge in [0, 0.05) is 37.3 Å². The maximum absolute atomic E-state index is 15.0. The Hall–Kier alpha value is -4.25. The van der Waals surface area contributed by atoms with Crippen molar-refractivity contribution >= 4 is 44.4 Å². The number of allylic oxidation sites excluding steroid dienone is 2. The van der Waals surface area contributed by atoms with Crippen molar-refractivity contribution in [2.45, 2.75) is 108 Å². The predicted molar refractivity (Wildman–Crippen MR) is 205 cm³/mol. The number of pyridine rings is 1. The van der Waals surface area contributed by atoms with Gasteiger partial charge in [0.1, 0.15) is 11.9 Å². The lowest BCUT2D eigenvalue weighted by atomic mass is 9.81. The van der Waals surface area contributed by atoms with Crippen LogP contribution in [0.3, 0.4) is 0 Å². The first-order valence-corrected chi connectivity index (χ1v) is 21.3. The minimum absolute atomic E-state index is 0.0124. The van der Waals surface area contributed by atoms with Gasteiger partial charge in [-0.1, -0.05) is 37.3 Å². The topological polar surface area (TPSA) is 167 Å². The van der Waals surface area contributed by atoms with Crippen molar-refractivity contribution in [3.8, 4) is 11.6 Å². The largest absolute Gasteiger partial charge is 0.494 e. The number of ether oxygens (including phenoxy) is 4. The summed E-state index contributed by atoms with van der Waals surface area (Å²) in [5.74, 6) is -4.92. The number of rotatable bonds is 11. The number of halogens is 3. The second kappa shape index (κ2) is 16.8. The molecule has 4 aliphatic rings. The predicted octanol–water partition coefficient (Wildman–Crippen LogP) is 5.69. The molecule has 13 nitrogen and oxygen atoms in total. The van der Waals surface area contributed by atoms with Crippen molar-refractivity contribution in [2.24, 2.45) is 29.1 Å². The van der Waals surface area contributed by atoms with E-state index >= 15 is 0 Å². The lowest BCUT2D eigenvalue weighted by Gasteiger charge is -2.34. The molecule has 1 saturated heterocycles. The molecule has 58 heavy (non-hydrogen) atoms. The van der Waals surface area contributed by atoms with Crippen molar-refractivity contribution in [1.29, 1.82) is 0 Å². The number of hydrogen-bond donors (Lipinski definition) is 1. The van der Waals surface area contributed by atoms with Crippen molar-refractivity contribution in [3.05, 3.63) is 42.6 Å². The normalized spacial score (nSPS) is 29.1. The molecule has 1 aromatic carbocycles. The molecule has 2 saturated carbocycles. The highest BCUT2D eigenvalue weighted by atomic mass is 32.2. The van der Waals surface area contributed by atoms with E-state index in [1.54, 1.807) is 12.1 Å². The second-order valence-corrected chi connectivity index (χ2v) is 18.8. The number of carbonyl (C=O) groups excluding carboxylic acids is 4. The van der Waals surface area contributed by atoms with E-state index in [0.29, 0.717) is 48.6 Å². The first kappa shape index (κ1) is 43.3. The maximum Gasteiger partial charge on any atom is 0.427 e. The summed E-state index contributed by atoms with van der Waals surface area (Å²) in [5.41, 5.74) is -4.22. The first-order valence-electron chi connectivity index (χ1n) is 19.7. The summed E-state index contributed by atoms with van der Waals surface area (Å²) in [6.45, 7) is 3.24. The average molecular weight is 836 g/mol. The van der Waals surface area contributed by atoms with E-state index in [1.807, 2.05) is 31.2 Å². The molecule has 0 spiro atoms. The molecule has 2 aliphatic heterocycles. The van der Waals surface area contributed by atoms with Gasteiger partial charge in [0.15, 0.2) is 5.78 Å². The number of nitrogens with zero attached hydrogens (tertiary/aromatic N) is 2. The quantitative estimate of drug-likeness (QED) is 0.218. The van der Waals surface area contributed by atoms with Gasteiger partial charge < -0.3 is 23.8 Å². The molecule has 318 valence electrons. The second-order valence-electron chi connectivity index (χ2n) is 16.8. The van der Waals surface area contributed by atoms with Crippen LogP contribution < -0.4 is 14.2 Å². The zero-order chi connectivity index (χ0) is 42.2. The van der Waals surface area contributed by atoms with Gasteiger partial charge in [-0.15, -0.1) is 0 Å². The lowest BCUT2D eigenvalue weighted by molar-refractivity contribution is -0.257.